The second-order valence-electron chi connectivity index (χ2n) is 7.96. The van der Waals surface area contributed by atoms with Crippen molar-refractivity contribution in [1.29, 1.82) is 0 Å². The standard InChI is InChI=1S/C23H27N3O5/c1-14-5-7-16(8-6-14)26-15(2)22(28)25(23(26)29)13-24-11-17-19(30-3)9-10-20(31-4)21(17)18(27)12-24/h5-10,15,18,27H,11-13H2,1-4H3/t15-,18-/m1/s1. The lowest BCUT2D eigenvalue weighted by Crippen LogP contribution is -2.45. The van der Waals surface area contributed by atoms with E-state index in [0.717, 1.165) is 11.1 Å². The van der Waals surface area contributed by atoms with E-state index < -0.39 is 12.1 Å². The van der Waals surface area contributed by atoms with Gasteiger partial charge in [-0.2, -0.15) is 0 Å². The van der Waals surface area contributed by atoms with Gasteiger partial charge in [-0.3, -0.25) is 14.6 Å². The summed E-state index contributed by atoms with van der Waals surface area (Å²) >= 11 is 0. The monoisotopic (exact) mass is 425 g/mol. The van der Waals surface area contributed by atoms with Crippen molar-refractivity contribution in [3.05, 3.63) is 53.1 Å². The van der Waals surface area contributed by atoms with Gasteiger partial charge in [0.05, 0.1) is 27.0 Å². The normalized spacial score (nSPS) is 21.5. The third kappa shape index (κ3) is 3.62. The van der Waals surface area contributed by atoms with Crippen molar-refractivity contribution >= 4 is 17.6 Å². The lowest BCUT2D eigenvalue weighted by atomic mass is 9.95. The van der Waals surface area contributed by atoms with Gasteiger partial charge in [-0.15, -0.1) is 0 Å². The van der Waals surface area contributed by atoms with Crippen molar-refractivity contribution in [1.82, 2.24) is 9.80 Å². The van der Waals surface area contributed by atoms with Gasteiger partial charge in [-0.1, -0.05) is 17.7 Å². The van der Waals surface area contributed by atoms with E-state index in [-0.39, 0.29) is 25.2 Å². The first-order valence-corrected chi connectivity index (χ1v) is 10.2. The Morgan fingerprint density at radius 1 is 1.03 bits per heavy atom. The SMILES string of the molecule is COc1ccc(OC)c2c1CN(CN1C(=O)[C@@H](C)N(c3ccc(C)cc3)C1=O)C[C@H]2O. The molecule has 0 saturated carbocycles. The predicted octanol–water partition coefficient (Wildman–Crippen LogP) is 2.68. The molecule has 2 aromatic carbocycles. The molecular weight excluding hydrogens is 398 g/mol. The van der Waals surface area contributed by atoms with Gasteiger partial charge in [0.1, 0.15) is 17.5 Å². The first-order chi connectivity index (χ1) is 14.8. The van der Waals surface area contributed by atoms with Crippen molar-refractivity contribution in [3.63, 3.8) is 0 Å². The van der Waals surface area contributed by atoms with Crippen LogP contribution in [0.2, 0.25) is 0 Å². The van der Waals surface area contributed by atoms with Crippen molar-refractivity contribution in [2.45, 2.75) is 32.5 Å². The molecule has 8 nitrogen and oxygen atoms in total. The molecule has 1 fully saturated rings. The summed E-state index contributed by atoms with van der Waals surface area (Å²) in [6, 6.07) is 10.1. The number of carbonyl (C=O) groups excluding carboxylic acids is 2. The van der Waals surface area contributed by atoms with Crippen LogP contribution in [0.3, 0.4) is 0 Å². The summed E-state index contributed by atoms with van der Waals surface area (Å²) < 4.78 is 10.9. The molecule has 2 aromatic rings. The number of fused-ring (bicyclic) bond motifs is 1. The molecule has 31 heavy (non-hydrogen) atoms. The maximum Gasteiger partial charge on any atom is 0.333 e. The van der Waals surface area contributed by atoms with Crippen LogP contribution in [0.15, 0.2) is 36.4 Å². The summed E-state index contributed by atoms with van der Waals surface area (Å²) in [7, 11) is 3.13. The van der Waals surface area contributed by atoms with Crippen molar-refractivity contribution in [2.24, 2.45) is 0 Å². The Morgan fingerprint density at radius 3 is 2.32 bits per heavy atom. The van der Waals surface area contributed by atoms with E-state index in [9.17, 15) is 14.7 Å². The Kier molecular flexibility index (Phi) is 5.60. The van der Waals surface area contributed by atoms with E-state index in [4.69, 9.17) is 9.47 Å². The fraction of sp³-hybridized carbons (Fsp3) is 0.391. The minimum Gasteiger partial charge on any atom is -0.496 e. The second kappa shape index (κ2) is 8.20. The number of imide groups is 1. The number of methoxy groups -OCH3 is 2. The number of ether oxygens (including phenoxy) is 2. The molecule has 0 bridgehead atoms. The summed E-state index contributed by atoms with van der Waals surface area (Å²) in [5.41, 5.74) is 3.25. The number of β-amino-alcohol motifs (C(OH)–C–C–N with tert-alkyl or cyclic N) is 1. The lowest BCUT2D eigenvalue weighted by Gasteiger charge is -2.35. The summed E-state index contributed by atoms with van der Waals surface area (Å²) in [5, 5.41) is 10.8. The van der Waals surface area contributed by atoms with Gasteiger partial charge in [-0.25, -0.2) is 9.69 Å². The van der Waals surface area contributed by atoms with Gasteiger partial charge >= 0.3 is 6.03 Å². The molecule has 2 heterocycles. The third-order valence-corrected chi connectivity index (χ3v) is 5.96. The lowest BCUT2D eigenvalue weighted by molar-refractivity contribution is -0.128. The summed E-state index contributed by atoms with van der Waals surface area (Å²) in [5.74, 6) is 0.965. The van der Waals surface area contributed by atoms with Gasteiger partial charge in [0.2, 0.25) is 0 Å². The number of benzene rings is 2. The van der Waals surface area contributed by atoms with Gasteiger partial charge in [-0.05, 0) is 38.1 Å². The quantitative estimate of drug-likeness (QED) is 0.742. The van der Waals surface area contributed by atoms with Crippen LogP contribution in [0.5, 0.6) is 11.5 Å². The van der Waals surface area contributed by atoms with Crippen molar-refractivity contribution < 1.29 is 24.2 Å². The molecule has 3 amide bonds. The molecule has 2 aliphatic rings. The summed E-state index contributed by atoms with van der Waals surface area (Å²) in [4.78, 5) is 30.7. The minimum absolute atomic E-state index is 0.0846. The molecule has 0 aromatic heterocycles. The first kappa shape index (κ1) is 21.1. The highest BCUT2D eigenvalue weighted by Gasteiger charge is 2.44. The zero-order chi connectivity index (χ0) is 22.3. The van der Waals surface area contributed by atoms with E-state index in [1.807, 2.05) is 36.1 Å². The molecule has 0 spiro atoms. The van der Waals surface area contributed by atoms with Crippen LogP contribution in [-0.2, 0) is 11.3 Å². The second-order valence-corrected chi connectivity index (χ2v) is 7.96. The number of rotatable bonds is 5. The molecule has 4 rings (SSSR count). The molecular formula is C23H27N3O5. The topological polar surface area (TPSA) is 82.6 Å². The van der Waals surface area contributed by atoms with Gasteiger partial charge in [0.15, 0.2) is 0 Å². The molecule has 2 atom stereocenters. The first-order valence-electron chi connectivity index (χ1n) is 10.2. The number of aryl methyl sites for hydroxylation is 1. The Morgan fingerprint density at radius 2 is 1.68 bits per heavy atom. The molecule has 1 saturated heterocycles. The van der Waals surface area contributed by atoms with Gasteiger partial charge < -0.3 is 14.6 Å². The Bertz CT molecular complexity index is 1010. The molecule has 0 radical (unpaired) electrons. The third-order valence-electron chi connectivity index (χ3n) is 5.96. The molecule has 0 aliphatic carbocycles. The molecule has 1 N–H and O–H groups in total. The molecule has 2 aliphatic heterocycles. The van der Waals surface area contributed by atoms with E-state index >= 15 is 0 Å². The average molecular weight is 425 g/mol. The molecule has 164 valence electrons. The fourth-order valence-corrected chi connectivity index (χ4v) is 4.35. The number of amides is 3. The summed E-state index contributed by atoms with van der Waals surface area (Å²) in [6.07, 6.45) is -0.827. The van der Waals surface area contributed by atoms with Gasteiger partial charge in [0.25, 0.3) is 5.91 Å². The number of hydrogen-bond donors (Lipinski definition) is 1. The maximum absolute atomic E-state index is 13.1. The van der Waals surface area contributed by atoms with E-state index in [1.165, 1.54) is 9.80 Å². The van der Waals surface area contributed by atoms with E-state index in [2.05, 4.69) is 0 Å². The Hall–Kier alpha value is -3.10. The summed E-state index contributed by atoms with van der Waals surface area (Å²) in [6.45, 7) is 4.48. The predicted molar refractivity (Wildman–Crippen MR) is 115 cm³/mol. The van der Waals surface area contributed by atoms with Crippen molar-refractivity contribution in [2.75, 3.05) is 32.3 Å². The van der Waals surface area contributed by atoms with Crippen LogP contribution in [0.25, 0.3) is 0 Å². The van der Waals surface area contributed by atoms with Crippen LogP contribution in [-0.4, -0.2) is 60.3 Å². The molecule has 0 unspecified atom stereocenters. The maximum atomic E-state index is 13.1. The Balaban J connectivity index is 1.58. The highest BCUT2D eigenvalue weighted by Crippen LogP contribution is 2.39. The number of hydrogen-bond acceptors (Lipinski definition) is 6. The van der Waals surface area contributed by atoms with Crippen LogP contribution < -0.4 is 14.4 Å². The van der Waals surface area contributed by atoms with Crippen LogP contribution in [0, 0.1) is 6.92 Å². The largest absolute Gasteiger partial charge is 0.496 e. The zero-order valence-electron chi connectivity index (χ0n) is 18.2. The van der Waals surface area contributed by atoms with Crippen molar-refractivity contribution in [3.8, 4) is 11.5 Å². The minimum atomic E-state index is -0.827. The van der Waals surface area contributed by atoms with Crippen LogP contribution in [0.1, 0.15) is 29.7 Å². The molecule has 8 heteroatoms. The Labute approximate surface area is 181 Å². The highest BCUT2D eigenvalue weighted by molar-refractivity contribution is 6.14. The number of urea groups is 1. The average Bonchev–Trinajstić information content (AvgIpc) is 2.97. The zero-order valence-corrected chi connectivity index (χ0v) is 18.2. The number of aliphatic hydroxyl groups excluding tert-OH is 1. The van der Waals surface area contributed by atoms with E-state index in [0.29, 0.717) is 29.3 Å². The highest BCUT2D eigenvalue weighted by atomic mass is 16.5. The van der Waals surface area contributed by atoms with Crippen LogP contribution in [0.4, 0.5) is 10.5 Å². The van der Waals surface area contributed by atoms with Gasteiger partial charge in [0, 0.05) is 29.9 Å². The smallest absolute Gasteiger partial charge is 0.333 e. The number of aliphatic hydroxyl groups is 1. The number of carbonyl (C=O) groups is 2. The number of nitrogens with zero attached hydrogens (tertiary/aromatic N) is 3. The fourth-order valence-electron chi connectivity index (χ4n) is 4.35. The van der Waals surface area contributed by atoms with E-state index in [1.54, 1.807) is 33.3 Å². The number of anilines is 1. The van der Waals surface area contributed by atoms with Crippen LogP contribution >= 0.6 is 0 Å².